The molecular weight excluding hydrogens is 390 g/mol. The summed E-state index contributed by atoms with van der Waals surface area (Å²) in [5, 5.41) is 18.8. The zero-order valence-corrected chi connectivity index (χ0v) is 16.1. The number of carbonyl (C=O) groups is 2. The van der Waals surface area contributed by atoms with Crippen molar-refractivity contribution in [3.8, 4) is 17.4 Å². The molecular formula is C21H19N3O6. The van der Waals surface area contributed by atoms with Crippen LogP contribution in [0.1, 0.15) is 6.92 Å². The minimum atomic E-state index is -0.946. The Morgan fingerprint density at radius 2 is 1.90 bits per heavy atom. The summed E-state index contributed by atoms with van der Waals surface area (Å²) in [6, 6.07) is 14.0. The molecule has 3 aromatic rings. The highest BCUT2D eigenvalue weighted by molar-refractivity contribution is 5.96. The summed E-state index contributed by atoms with van der Waals surface area (Å²) in [6.45, 7) is 1.74. The molecule has 30 heavy (non-hydrogen) atoms. The number of benzene rings is 2. The largest absolute Gasteiger partial charge is 0.493 e. The van der Waals surface area contributed by atoms with Crippen LogP contribution in [-0.2, 0) is 20.9 Å². The van der Waals surface area contributed by atoms with Gasteiger partial charge in [-0.2, -0.15) is 0 Å². The van der Waals surface area contributed by atoms with Crippen molar-refractivity contribution >= 4 is 28.5 Å². The smallest absolute Gasteiger partial charge is 0.326 e. The average Bonchev–Trinajstić information content (AvgIpc) is 3.03. The van der Waals surface area contributed by atoms with Crippen LogP contribution in [0.3, 0.4) is 0 Å². The van der Waals surface area contributed by atoms with E-state index in [0.29, 0.717) is 22.4 Å². The van der Waals surface area contributed by atoms with Gasteiger partial charge in [0.1, 0.15) is 13.2 Å². The first-order valence-electron chi connectivity index (χ1n) is 9.38. The molecule has 0 saturated heterocycles. The molecule has 0 bridgehead atoms. The number of azo groups is 1. The minimum absolute atomic E-state index is 0.00542. The highest BCUT2D eigenvalue weighted by Gasteiger charge is 2.28. The number of para-hydroxylation sites is 3. The number of fused-ring (bicyclic) bond motifs is 2. The minimum Gasteiger partial charge on any atom is -0.493 e. The summed E-state index contributed by atoms with van der Waals surface area (Å²) < 4.78 is 17.5. The van der Waals surface area contributed by atoms with Gasteiger partial charge in [-0.05, 0) is 25.1 Å². The summed E-state index contributed by atoms with van der Waals surface area (Å²) in [5.41, 5.74) is 0.649. The predicted molar refractivity (Wildman–Crippen MR) is 106 cm³/mol. The van der Waals surface area contributed by atoms with E-state index in [1.807, 2.05) is 0 Å². The standard InChI is InChI=1S/C21H19N3O6/c1-2-28-18(25)11-24-14-8-4-3-7-13(14)19(21(24)27)22-23-20(26)17-12-29-15-9-5-6-10-16(15)30-17/h3-10,17,27H,2,11-12H2,1H3/t17-/m1/s1. The van der Waals surface area contributed by atoms with Crippen molar-refractivity contribution < 1.29 is 28.9 Å². The Balaban J connectivity index is 1.59. The highest BCUT2D eigenvalue weighted by Crippen LogP contribution is 2.39. The summed E-state index contributed by atoms with van der Waals surface area (Å²) in [5.74, 6) is -0.429. The van der Waals surface area contributed by atoms with Crippen LogP contribution in [0.25, 0.3) is 10.9 Å². The van der Waals surface area contributed by atoms with Crippen LogP contribution < -0.4 is 9.47 Å². The molecule has 1 aliphatic rings. The number of carbonyl (C=O) groups excluding carboxylic acids is 2. The molecule has 2 heterocycles. The third kappa shape index (κ3) is 3.69. The van der Waals surface area contributed by atoms with Gasteiger partial charge in [0.15, 0.2) is 17.2 Å². The Hall–Kier alpha value is -3.88. The molecule has 0 unspecified atom stereocenters. The second-order valence-corrected chi connectivity index (χ2v) is 6.48. The molecule has 1 atom stereocenters. The fraction of sp³-hybridized carbons (Fsp3) is 0.238. The van der Waals surface area contributed by atoms with Crippen molar-refractivity contribution in [3.05, 3.63) is 48.5 Å². The van der Waals surface area contributed by atoms with Crippen LogP contribution in [0, 0.1) is 0 Å². The van der Waals surface area contributed by atoms with Crippen LogP contribution in [0.5, 0.6) is 17.4 Å². The Labute approximate surface area is 171 Å². The second-order valence-electron chi connectivity index (χ2n) is 6.48. The Morgan fingerprint density at radius 1 is 1.17 bits per heavy atom. The van der Waals surface area contributed by atoms with Crippen LogP contribution in [0.15, 0.2) is 58.8 Å². The van der Waals surface area contributed by atoms with E-state index in [1.165, 1.54) is 4.57 Å². The monoisotopic (exact) mass is 409 g/mol. The SMILES string of the molecule is CCOC(=O)Cn1c(O)c(N=NC(=O)[C@H]2COc3ccccc3O2)c2ccccc21. The molecule has 154 valence electrons. The van der Waals surface area contributed by atoms with Gasteiger partial charge in [-0.25, -0.2) is 0 Å². The first-order valence-corrected chi connectivity index (χ1v) is 9.38. The molecule has 9 nitrogen and oxygen atoms in total. The molecule has 0 saturated carbocycles. The number of amides is 1. The number of hydrogen-bond donors (Lipinski definition) is 1. The van der Waals surface area contributed by atoms with E-state index in [4.69, 9.17) is 14.2 Å². The van der Waals surface area contributed by atoms with Crippen molar-refractivity contribution in [1.82, 2.24) is 4.57 Å². The molecule has 1 aliphatic heterocycles. The Morgan fingerprint density at radius 3 is 2.70 bits per heavy atom. The zero-order chi connectivity index (χ0) is 21.1. The molecule has 1 N–H and O–H groups in total. The van der Waals surface area contributed by atoms with Crippen LogP contribution >= 0.6 is 0 Å². The van der Waals surface area contributed by atoms with Crippen LogP contribution in [0.4, 0.5) is 5.69 Å². The number of hydrogen-bond acceptors (Lipinski definition) is 7. The van der Waals surface area contributed by atoms with Crippen molar-refractivity contribution in [2.45, 2.75) is 19.6 Å². The van der Waals surface area contributed by atoms with Crippen molar-refractivity contribution in [1.29, 1.82) is 0 Å². The van der Waals surface area contributed by atoms with Gasteiger partial charge in [0, 0.05) is 5.39 Å². The summed E-state index contributed by atoms with van der Waals surface area (Å²) in [4.78, 5) is 24.4. The van der Waals surface area contributed by atoms with E-state index in [0.717, 1.165) is 0 Å². The maximum atomic E-state index is 12.5. The number of nitrogens with zero attached hydrogens (tertiary/aromatic N) is 3. The van der Waals surface area contributed by atoms with E-state index in [2.05, 4.69) is 10.2 Å². The number of aromatic hydroxyl groups is 1. The molecule has 0 fully saturated rings. The normalized spacial score (nSPS) is 15.4. The number of rotatable bonds is 5. The molecule has 0 radical (unpaired) electrons. The van der Waals surface area contributed by atoms with Crippen molar-refractivity contribution in [3.63, 3.8) is 0 Å². The molecule has 4 rings (SSSR count). The lowest BCUT2D eigenvalue weighted by atomic mass is 10.2. The van der Waals surface area contributed by atoms with E-state index >= 15 is 0 Å². The first-order chi connectivity index (χ1) is 14.6. The molecule has 0 aliphatic carbocycles. The lowest BCUT2D eigenvalue weighted by Crippen LogP contribution is -2.35. The average molecular weight is 409 g/mol. The van der Waals surface area contributed by atoms with Gasteiger partial charge in [0.2, 0.25) is 12.0 Å². The number of aromatic nitrogens is 1. The van der Waals surface area contributed by atoms with E-state index in [1.54, 1.807) is 55.5 Å². The third-order valence-electron chi connectivity index (χ3n) is 4.54. The van der Waals surface area contributed by atoms with Crippen LogP contribution in [-0.4, -0.2) is 40.9 Å². The van der Waals surface area contributed by atoms with Crippen molar-refractivity contribution in [2.75, 3.05) is 13.2 Å². The fourth-order valence-corrected chi connectivity index (χ4v) is 3.17. The Bertz CT molecular complexity index is 1140. The Kier molecular flexibility index (Phi) is 5.34. The van der Waals surface area contributed by atoms with Gasteiger partial charge in [-0.3, -0.25) is 14.2 Å². The van der Waals surface area contributed by atoms with Gasteiger partial charge >= 0.3 is 11.9 Å². The molecule has 1 aromatic heterocycles. The summed E-state index contributed by atoms with van der Waals surface area (Å²) >= 11 is 0. The molecule has 1 amide bonds. The van der Waals surface area contributed by atoms with Gasteiger partial charge in [0.05, 0.1) is 12.1 Å². The quantitative estimate of drug-likeness (QED) is 0.511. The second kappa shape index (κ2) is 8.24. The van der Waals surface area contributed by atoms with E-state index in [-0.39, 0.29) is 31.3 Å². The molecule has 9 heteroatoms. The van der Waals surface area contributed by atoms with Gasteiger partial charge in [-0.1, -0.05) is 30.3 Å². The summed E-state index contributed by atoms with van der Waals surface area (Å²) in [6.07, 6.45) is -0.946. The van der Waals surface area contributed by atoms with E-state index in [9.17, 15) is 14.7 Å². The number of esters is 1. The van der Waals surface area contributed by atoms with Gasteiger partial charge in [0.25, 0.3) is 0 Å². The maximum absolute atomic E-state index is 12.5. The van der Waals surface area contributed by atoms with Gasteiger partial charge < -0.3 is 19.3 Å². The fourth-order valence-electron chi connectivity index (χ4n) is 3.17. The summed E-state index contributed by atoms with van der Waals surface area (Å²) in [7, 11) is 0. The van der Waals surface area contributed by atoms with Crippen LogP contribution in [0.2, 0.25) is 0 Å². The highest BCUT2D eigenvalue weighted by atomic mass is 16.6. The lowest BCUT2D eigenvalue weighted by Gasteiger charge is -2.23. The lowest BCUT2D eigenvalue weighted by molar-refractivity contribution is -0.143. The maximum Gasteiger partial charge on any atom is 0.326 e. The first kappa shape index (κ1) is 19.4. The zero-order valence-electron chi connectivity index (χ0n) is 16.1. The molecule has 0 spiro atoms. The topological polar surface area (TPSA) is 112 Å². The van der Waals surface area contributed by atoms with Crippen molar-refractivity contribution in [2.24, 2.45) is 10.2 Å². The number of ether oxygens (including phenoxy) is 3. The van der Waals surface area contributed by atoms with E-state index < -0.39 is 18.0 Å². The molecule has 2 aromatic carbocycles. The van der Waals surface area contributed by atoms with Gasteiger partial charge in [-0.15, -0.1) is 10.2 Å². The third-order valence-corrected chi connectivity index (χ3v) is 4.54. The predicted octanol–water partition coefficient (Wildman–Crippen LogP) is 3.36.